The second-order valence-corrected chi connectivity index (χ2v) is 6.42. The van der Waals surface area contributed by atoms with Crippen LogP contribution in [-0.4, -0.2) is 18.7 Å². The van der Waals surface area contributed by atoms with Crippen molar-refractivity contribution in [2.24, 2.45) is 5.92 Å². The summed E-state index contributed by atoms with van der Waals surface area (Å²) in [4.78, 5) is 12.0. The van der Waals surface area contributed by atoms with Crippen molar-refractivity contribution in [2.45, 2.75) is 33.3 Å². The molecule has 128 valence electrons. The van der Waals surface area contributed by atoms with Crippen molar-refractivity contribution in [2.75, 3.05) is 6.61 Å². The molecule has 2 aromatic carbocycles. The number of halogens is 1. The Morgan fingerprint density at radius 2 is 1.54 bits per heavy atom. The first-order valence-electron chi connectivity index (χ1n) is 8.16. The Labute approximate surface area is 148 Å². The minimum atomic E-state index is -0.591. The zero-order valence-corrected chi connectivity index (χ0v) is 15.0. The molecule has 0 bridgehead atoms. The molecule has 0 fully saturated rings. The standard InChI is InChI=1S/C20H23ClO3/c1-4-23-20(22)19(14(2)3)24-18-11-7-16(8-12-18)13-15-5-9-17(21)10-6-15/h5-12,14,19H,4,13H2,1-3H3. The Morgan fingerprint density at radius 3 is 2.04 bits per heavy atom. The molecule has 2 aromatic rings. The molecule has 1 unspecified atom stereocenters. The van der Waals surface area contributed by atoms with Crippen LogP contribution in [0.15, 0.2) is 48.5 Å². The molecule has 0 aliphatic rings. The van der Waals surface area contributed by atoms with Gasteiger partial charge in [-0.05, 0) is 48.7 Å². The zero-order chi connectivity index (χ0) is 17.5. The van der Waals surface area contributed by atoms with Gasteiger partial charge in [0.1, 0.15) is 5.75 Å². The van der Waals surface area contributed by atoms with E-state index in [9.17, 15) is 4.79 Å². The third kappa shape index (κ3) is 5.27. The van der Waals surface area contributed by atoms with Gasteiger partial charge in [-0.3, -0.25) is 0 Å². The smallest absolute Gasteiger partial charge is 0.347 e. The average molecular weight is 347 g/mol. The SMILES string of the molecule is CCOC(=O)C(Oc1ccc(Cc2ccc(Cl)cc2)cc1)C(C)C. The molecule has 0 radical (unpaired) electrons. The number of hydrogen-bond donors (Lipinski definition) is 0. The van der Waals surface area contributed by atoms with Gasteiger partial charge in [-0.1, -0.05) is 49.7 Å². The zero-order valence-electron chi connectivity index (χ0n) is 14.3. The number of benzene rings is 2. The summed E-state index contributed by atoms with van der Waals surface area (Å²) in [5.74, 6) is 0.386. The number of rotatable bonds is 7. The van der Waals surface area contributed by atoms with Gasteiger partial charge in [-0.25, -0.2) is 4.79 Å². The van der Waals surface area contributed by atoms with Gasteiger partial charge in [0.2, 0.25) is 0 Å². The van der Waals surface area contributed by atoms with Gasteiger partial charge in [0.05, 0.1) is 6.61 Å². The van der Waals surface area contributed by atoms with E-state index in [0.717, 1.165) is 11.4 Å². The van der Waals surface area contributed by atoms with Gasteiger partial charge in [0.15, 0.2) is 6.10 Å². The van der Waals surface area contributed by atoms with E-state index >= 15 is 0 Å². The van der Waals surface area contributed by atoms with Crippen molar-refractivity contribution < 1.29 is 14.3 Å². The molecule has 0 heterocycles. The second kappa shape index (κ2) is 8.74. The van der Waals surface area contributed by atoms with E-state index in [2.05, 4.69) is 0 Å². The van der Waals surface area contributed by atoms with Crippen LogP contribution in [0.4, 0.5) is 0 Å². The highest BCUT2D eigenvalue weighted by Gasteiger charge is 2.25. The maximum absolute atomic E-state index is 12.0. The largest absolute Gasteiger partial charge is 0.478 e. The number of ether oxygens (including phenoxy) is 2. The minimum absolute atomic E-state index is 0.0396. The highest BCUT2D eigenvalue weighted by Crippen LogP contribution is 2.20. The molecule has 0 aliphatic carbocycles. The van der Waals surface area contributed by atoms with E-state index in [1.807, 2.05) is 62.4 Å². The highest BCUT2D eigenvalue weighted by molar-refractivity contribution is 6.30. The quantitative estimate of drug-likeness (QED) is 0.669. The maximum Gasteiger partial charge on any atom is 0.347 e. The van der Waals surface area contributed by atoms with E-state index in [1.165, 1.54) is 11.1 Å². The summed E-state index contributed by atoms with van der Waals surface area (Å²) in [5.41, 5.74) is 2.36. The van der Waals surface area contributed by atoms with Crippen LogP contribution >= 0.6 is 11.6 Å². The van der Waals surface area contributed by atoms with Crippen molar-refractivity contribution in [3.63, 3.8) is 0 Å². The van der Waals surface area contributed by atoms with E-state index < -0.39 is 6.10 Å². The molecule has 24 heavy (non-hydrogen) atoms. The van der Waals surface area contributed by atoms with Crippen molar-refractivity contribution in [3.8, 4) is 5.75 Å². The van der Waals surface area contributed by atoms with Crippen LogP contribution in [0.1, 0.15) is 31.9 Å². The molecular formula is C20H23ClO3. The fourth-order valence-corrected chi connectivity index (χ4v) is 2.48. The van der Waals surface area contributed by atoms with Crippen molar-refractivity contribution in [1.29, 1.82) is 0 Å². The summed E-state index contributed by atoms with van der Waals surface area (Å²) in [6.45, 7) is 6.03. The molecule has 0 amide bonds. The predicted octanol–water partition coefficient (Wildman–Crippen LogP) is 4.90. The summed E-state index contributed by atoms with van der Waals surface area (Å²) < 4.78 is 10.9. The number of esters is 1. The summed E-state index contributed by atoms with van der Waals surface area (Å²) in [7, 11) is 0. The predicted molar refractivity (Wildman–Crippen MR) is 96.6 cm³/mol. The normalized spacial score (nSPS) is 12.0. The van der Waals surface area contributed by atoms with E-state index in [-0.39, 0.29) is 11.9 Å². The van der Waals surface area contributed by atoms with Gasteiger partial charge in [0, 0.05) is 10.9 Å². The second-order valence-electron chi connectivity index (χ2n) is 5.98. The third-order valence-electron chi connectivity index (χ3n) is 3.63. The molecule has 4 heteroatoms. The Balaban J connectivity index is 2.02. The van der Waals surface area contributed by atoms with Crippen LogP contribution in [0.3, 0.4) is 0 Å². The van der Waals surface area contributed by atoms with Gasteiger partial charge >= 0.3 is 5.97 Å². The van der Waals surface area contributed by atoms with E-state index in [0.29, 0.717) is 12.4 Å². The summed E-state index contributed by atoms with van der Waals surface area (Å²) in [6.07, 6.45) is 0.232. The lowest BCUT2D eigenvalue weighted by Gasteiger charge is -2.20. The molecule has 0 saturated heterocycles. The summed E-state index contributed by atoms with van der Waals surface area (Å²) in [6, 6.07) is 15.6. The molecule has 0 N–H and O–H groups in total. The lowest BCUT2D eigenvalue weighted by molar-refractivity contribution is -0.153. The fourth-order valence-electron chi connectivity index (χ4n) is 2.35. The van der Waals surface area contributed by atoms with Crippen molar-refractivity contribution >= 4 is 17.6 Å². The lowest BCUT2D eigenvalue weighted by atomic mass is 10.0. The van der Waals surface area contributed by atoms with Crippen molar-refractivity contribution in [3.05, 3.63) is 64.7 Å². The average Bonchev–Trinajstić information content (AvgIpc) is 2.56. The maximum atomic E-state index is 12.0. The number of hydrogen-bond acceptors (Lipinski definition) is 3. The summed E-state index contributed by atoms with van der Waals surface area (Å²) in [5, 5.41) is 0.737. The van der Waals surface area contributed by atoms with Crippen LogP contribution in [0.2, 0.25) is 5.02 Å². The molecule has 1 atom stereocenters. The number of carbonyl (C=O) groups is 1. The van der Waals surface area contributed by atoms with Gasteiger partial charge in [-0.15, -0.1) is 0 Å². The molecule has 2 rings (SSSR count). The van der Waals surface area contributed by atoms with E-state index in [1.54, 1.807) is 6.92 Å². The van der Waals surface area contributed by atoms with Gasteiger partial charge < -0.3 is 9.47 Å². The highest BCUT2D eigenvalue weighted by atomic mass is 35.5. The van der Waals surface area contributed by atoms with Crippen molar-refractivity contribution in [1.82, 2.24) is 0 Å². The Hall–Kier alpha value is -2.00. The summed E-state index contributed by atoms with van der Waals surface area (Å²) >= 11 is 5.90. The number of carbonyl (C=O) groups excluding carboxylic acids is 1. The van der Waals surface area contributed by atoms with Crippen LogP contribution < -0.4 is 4.74 Å². The minimum Gasteiger partial charge on any atom is -0.478 e. The first-order valence-corrected chi connectivity index (χ1v) is 8.54. The Morgan fingerprint density at radius 1 is 1.00 bits per heavy atom. The molecule has 0 saturated carbocycles. The molecule has 0 aromatic heterocycles. The van der Waals surface area contributed by atoms with Gasteiger partial charge in [0.25, 0.3) is 0 Å². The van der Waals surface area contributed by atoms with E-state index in [4.69, 9.17) is 21.1 Å². The Kier molecular flexibility index (Phi) is 6.68. The van der Waals surface area contributed by atoms with Crippen LogP contribution in [-0.2, 0) is 16.0 Å². The molecule has 0 spiro atoms. The van der Waals surface area contributed by atoms with Crippen LogP contribution in [0.5, 0.6) is 5.75 Å². The van der Waals surface area contributed by atoms with Crippen LogP contribution in [0.25, 0.3) is 0 Å². The topological polar surface area (TPSA) is 35.5 Å². The Bertz CT molecular complexity index is 648. The van der Waals surface area contributed by atoms with Crippen LogP contribution in [0, 0.1) is 5.92 Å². The monoisotopic (exact) mass is 346 g/mol. The van der Waals surface area contributed by atoms with Gasteiger partial charge in [-0.2, -0.15) is 0 Å². The molecule has 0 aliphatic heterocycles. The fraction of sp³-hybridized carbons (Fsp3) is 0.350. The third-order valence-corrected chi connectivity index (χ3v) is 3.88. The first-order chi connectivity index (χ1) is 11.5. The molecular weight excluding hydrogens is 324 g/mol. The first kappa shape index (κ1) is 18.3. The molecule has 3 nitrogen and oxygen atoms in total. The lowest BCUT2D eigenvalue weighted by Crippen LogP contribution is -2.34.